The van der Waals surface area contributed by atoms with E-state index in [4.69, 9.17) is 0 Å². The molecule has 0 amide bonds. The maximum Gasteiger partial charge on any atom is 0.343 e. The fraction of sp³-hybridized carbons (Fsp3) is 0.800. The van der Waals surface area contributed by atoms with E-state index in [1.54, 1.807) is 23.4 Å². The highest BCUT2D eigenvalue weighted by atomic mass is 32.2. The van der Waals surface area contributed by atoms with E-state index in [0.717, 1.165) is 10.9 Å². The highest BCUT2D eigenvalue weighted by molar-refractivity contribution is 7.99. The minimum atomic E-state index is -0.139. The van der Waals surface area contributed by atoms with Gasteiger partial charge >= 0.3 is 5.69 Å². The van der Waals surface area contributed by atoms with Gasteiger partial charge in [-0.15, -0.1) is 5.10 Å². The van der Waals surface area contributed by atoms with Crippen LogP contribution in [0.1, 0.15) is 25.7 Å². The Morgan fingerprint density at radius 2 is 2.50 bits per heavy atom. The summed E-state index contributed by atoms with van der Waals surface area (Å²) >= 11 is 1.64. The van der Waals surface area contributed by atoms with Crippen LogP contribution in [0.15, 0.2) is 9.95 Å². The number of hydrogen-bond acceptors (Lipinski definition) is 4. The molecule has 1 saturated heterocycles. The van der Waals surface area contributed by atoms with E-state index in [1.165, 1.54) is 32.2 Å². The third-order valence-electron chi connectivity index (χ3n) is 2.93. The van der Waals surface area contributed by atoms with E-state index >= 15 is 0 Å². The summed E-state index contributed by atoms with van der Waals surface area (Å²) in [6.45, 7) is 1.17. The van der Waals surface area contributed by atoms with E-state index in [9.17, 15) is 4.79 Å². The molecule has 1 aliphatic rings. The zero-order valence-corrected chi connectivity index (χ0v) is 10.3. The van der Waals surface area contributed by atoms with E-state index in [2.05, 4.69) is 15.5 Å². The summed E-state index contributed by atoms with van der Waals surface area (Å²) in [7, 11) is 1.74. The van der Waals surface area contributed by atoms with Crippen LogP contribution < -0.4 is 11.0 Å². The van der Waals surface area contributed by atoms with Crippen molar-refractivity contribution in [3.8, 4) is 0 Å². The molecule has 1 aromatic rings. The lowest BCUT2D eigenvalue weighted by atomic mass is 10.1. The molecule has 90 valence electrons. The average Bonchev–Trinajstić information content (AvgIpc) is 2.88. The molecule has 2 N–H and O–H groups in total. The van der Waals surface area contributed by atoms with Crippen LogP contribution in [-0.2, 0) is 7.05 Å². The van der Waals surface area contributed by atoms with Crippen molar-refractivity contribution in [3.05, 3.63) is 10.5 Å². The predicted octanol–water partition coefficient (Wildman–Crippen LogP) is 0.733. The van der Waals surface area contributed by atoms with E-state index in [-0.39, 0.29) is 5.69 Å². The van der Waals surface area contributed by atoms with E-state index in [0.29, 0.717) is 6.04 Å². The molecule has 16 heavy (non-hydrogen) atoms. The Kier molecular flexibility index (Phi) is 4.06. The number of nitrogens with zero attached hydrogens (tertiary/aromatic N) is 2. The molecule has 1 unspecified atom stereocenters. The van der Waals surface area contributed by atoms with Crippen molar-refractivity contribution in [2.45, 2.75) is 36.9 Å². The molecule has 0 saturated carbocycles. The Bertz CT molecular complexity index is 380. The molecule has 5 nitrogen and oxygen atoms in total. The van der Waals surface area contributed by atoms with Gasteiger partial charge in [0.05, 0.1) is 0 Å². The van der Waals surface area contributed by atoms with Gasteiger partial charge in [-0.2, -0.15) is 0 Å². The first kappa shape index (κ1) is 11.7. The fourth-order valence-electron chi connectivity index (χ4n) is 1.96. The average molecular weight is 242 g/mol. The molecule has 2 rings (SSSR count). The van der Waals surface area contributed by atoms with Gasteiger partial charge in [-0.3, -0.25) is 4.57 Å². The highest BCUT2D eigenvalue weighted by Crippen LogP contribution is 2.17. The van der Waals surface area contributed by atoms with Crippen molar-refractivity contribution < 1.29 is 0 Å². The van der Waals surface area contributed by atoms with E-state index < -0.39 is 0 Å². The van der Waals surface area contributed by atoms with Crippen molar-refractivity contribution in [2.24, 2.45) is 7.05 Å². The Labute approximate surface area is 99.0 Å². The fourth-order valence-corrected chi connectivity index (χ4v) is 2.84. The second-order valence-corrected chi connectivity index (χ2v) is 5.22. The molecule has 1 atom stereocenters. The number of aromatic amines is 1. The molecule has 1 aromatic heterocycles. The van der Waals surface area contributed by atoms with Gasteiger partial charge in [0.1, 0.15) is 0 Å². The summed E-state index contributed by atoms with van der Waals surface area (Å²) in [6, 6.07) is 0.712. The second-order valence-electron chi connectivity index (χ2n) is 4.15. The van der Waals surface area contributed by atoms with Crippen molar-refractivity contribution >= 4 is 11.8 Å². The maximum absolute atomic E-state index is 11.1. The summed E-state index contributed by atoms with van der Waals surface area (Å²) in [5.74, 6) is 1.02. The zero-order chi connectivity index (χ0) is 11.4. The van der Waals surface area contributed by atoms with Gasteiger partial charge in [-0.05, 0) is 32.2 Å². The third kappa shape index (κ3) is 2.89. The lowest BCUT2D eigenvalue weighted by Gasteiger charge is -2.08. The lowest BCUT2D eigenvalue weighted by Crippen LogP contribution is -2.21. The van der Waals surface area contributed by atoms with Crippen LogP contribution in [0.5, 0.6) is 0 Å². The minimum Gasteiger partial charge on any atom is -0.314 e. The third-order valence-corrected chi connectivity index (χ3v) is 4.05. The normalized spacial score (nSPS) is 20.4. The number of rotatable bonds is 5. The molecular formula is C10H18N4OS. The van der Waals surface area contributed by atoms with Crippen LogP contribution >= 0.6 is 11.8 Å². The number of nitrogens with one attached hydrogen (secondary N) is 2. The van der Waals surface area contributed by atoms with Crippen molar-refractivity contribution in [2.75, 3.05) is 12.3 Å². The maximum atomic E-state index is 11.1. The predicted molar refractivity (Wildman–Crippen MR) is 64.8 cm³/mol. The molecule has 6 heteroatoms. The van der Waals surface area contributed by atoms with Crippen LogP contribution in [-0.4, -0.2) is 33.1 Å². The molecule has 1 aliphatic heterocycles. The topological polar surface area (TPSA) is 62.7 Å². The van der Waals surface area contributed by atoms with Gasteiger partial charge in [0.25, 0.3) is 0 Å². The first-order chi connectivity index (χ1) is 7.77. The van der Waals surface area contributed by atoms with Crippen LogP contribution in [0.25, 0.3) is 0 Å². The molecule has 0 aromatic carbocycles. The zero-order valence-electron chi connectivity index (χ0n) is 9.53. The summed E-state index contributed by atoms with van der Waals surface area (Å²) < 4.78 is 1.55. The van der Waals surface area contributed by atoms with Gasteiger partial charge in [0, 0.05) is 18.8 Å². The smallest absolute Gasteiger partial charge is 0.314 e. The Hall–Kier alpha value is -0.750. The van der Waals surface area contributed by atoms with Crippen molar-refractivity contribution in [1.82, 2.24) is 20.1 Å². The van der Waals surface area contributed by atoms with Crippen molar-refractivity contribution in [1.29, 1.82) is 0 Å². The largest absolute Gasteiger partial charge is 0.343 e. The summed E-state index contributed by atoms with van der Waals surface area (Å²) in [5, 5.41) is 10.7. The molecule has 2 heterocycles. The molecule has 1 fully saturated rings. The van der Waals surface area contributed by atoms with Crippen LogP contribution in [0, 0.1) is 0 Å². The second kappa shape index (κ2) is 5.54. The summed E-state index contributed by atoms with van der Waals surface area (Å²) in [6.07, 6.45) is 5.02. The molecule has 0 radical (unpaired) electrons. The minimum absolute atomic E-state index is 0.139. The summed E-state index contributed by atoms with van der Waals surface area (Å²) in [4.78, 5) is 11.1. The van der Waals surface area contributed by atoms with Gasteiger partial charge in [0.15, 0.2) is 5.16 Å². The monoisotopic (exact) mass is 242 g/mol. The highest BCUT2D eigenvalue weighted by Gasteiger charge is 2.13. The van der Waals surface area contributed by atoms with Gasteiger partial charge < -0.3 is 5.32 Å². The first-order valence-electron chi connectivity index (χ1n) is 5.75. The molecular weight excluding hydrogens is 224 g/mol. The Balaban J connectivity index is 1.68. The quantitative estimate of drug-likeness (QED) is 0.590. The number of hydrogen-bond donors (Lipinski definition) is 2. The van der Waals surface area contributed by atoms with Crippen LogP contribution in [0.2, 0.25) is 0 Å². The van der Waals surface area contributed by atoms with E-state index in [1.807, 2.05) is 0 Å². The van der Waals surface area contributed by atoms with Gasteiger partial charge in [-0.1, -0.05) is 11.8 Å². The Morgan fingerprint density at radius 1 is 1.62 bits per heavy atom. The van der Waals surface area contributed by atoms with Crippen LogP contribution in [0.4, 0.5) is 0 Å². The Morgan fingerprint density at radius 3 is 3.12 bits per heavy atom. The number of aromatic nitrogens is 3. The molecule has 0 spiro atoms. The van der Waals surface area contributed by atoms with Gasteiger partial charge in [-0.25, -0.2) is 9.89 Å². The van der Waals surface area contributed by atoms with Gasteiger partial charge in [0.2, 0.25) is 0 Å². The SMILES string of the molecule is Cn1c(SCCCC2CCCN2)n[nH]c1=O. The standard InChI is InChI=1S/C10H18N4OS/c1-14-9(15)12-13-10(14)16-7-3-5-8-4-2-6-11-8/h8,11H,2-7H2,1H3,(H,12,15). The first-order valence-corrected chi connectivity index (χ1v) is 6.73. The number of H-pyrrole nitrogens is 1. The van der Waals surface area contributed by atoms with Crippen LogP contribution in [0.3, 0.4) is 0 Å². The molecule has 0 bridgehead atoms. The molecule has 0 aliphatic carbocycles. The summed E-state index contributed by atoms with van der Waals surface area (Å²) in [5.41, 5.74) is -0.139. The van der Waals surface area contributed by atoms with Crippen molar-refractivity contribution in [3.63, 3.8) is 0 Å². The lowest BCUT2D eigenvalue weighted by molar-refractivity contribution is 0.553. The number of thioether (sulfide) groups is 1.